The van der Waals surface area contributed by atoms with Crippen molar-refractivity contribution in [1.82, 2.24) is 4.72 Å². The second-order valence-corrected chi connectivity index (χ2v) is 7.87. The number of hydrogen-bond acceptors (Lipinski definition) is 5. The minimum absolute atomic E-state index is 0.0967. The van der Waals surface area contributed by atoms with Gasteiger partial charge in [-0.2, -0.15) is 0 Å². The first-order valence-corrected chi connectivity index (χ1v) is 10.2. The fourth-order valence-electron chi connectivity index (χ4n) is 2.61. The average Bonchev–Trinajstić information content (AvgIpc) is 2.93. The van der Waals surface area contributed by atoms with Crippen LogP contribution in [0.5, 0.6) is 0 Å². The van der Waals surface area contributed by atoms with Gasteiger partial charge >= 0.3 is 0 Å². The molecular weight excluding hydrogens is 380 g/mol. The number of nitrogens with one attached hydrogen (secondary N) is 3. The van der Waals surface area contributed by atoms with E-state index in [1.807, 2.05) is 0 Å². The number of rotatable bonds is 5. The van der Waals surface area contributed by atoms with Crippen LogP contribution in [0.3, 0.4) is 0 Å². The highest BCUT2D eigenvalue weighted by Gasteiger charge is 2.31. The van der Waals surface area contributed by atoms with E-state index in [0.29, 0.717) is 23.4 Å². The summed E-state index contributed by atoms with van der Waals surface area (Å²) < 4.78 is 26.6. The zero-order chi connectivity index (χ0) is 20.3. The molecule has 1 aliphatic heterocycles. The maximum atomic E-state index is 12.4. The minimum atomic E-state index is -3.65. The topological polar surface area (TPSA) is 117 Å². The predicted molar refractivity (Wildman–Crippen MR) is 107 cm³/mol. The molecule has 1 heterocycles. The van der Waals surface area contributed by atoms with Crippen LogP contribution in [-0.2, 0) is 19.6 Å². The molecule has 0 aliphatic carbocycles. The molecule has 9 heteroatoms. The van der Waals surface area contributed by atoms with Crippen molar-refractivity contribution < 1.29 is 18.0 Å². The van der Waals surface area contributed by atoms with E-state index in [4.69, 9.17) is 0 Å². The molecule has 0 saturated heterocycles. The molecule has 0 fully saturated rings. The number of benzene rings is 2. The van der Waals surface area contributed by atoms with Crippen LogP contribution in [0.1, 0.15) is 25.8 Å². The molecule has 2 amide bonds. The first kappa shape index (κ1) is 19.6. The summed E-state index contributed by atoms with van der Waals surface area (Å²) in [5.74, 6) is -0.335. The number of anilines is 2. The summed E-state index contributed by atoms with van der Waals surface area (Å²) in [6.07, 6.45) is 0.378. The number of aliphatic imine (C=N–C) groups is 1. The third-order valence-corrected chi connectivity index (χ3v) is 5.52. The van der Waals surface area contributed by atoms with Crippen molar-refractivity contribution in [3.63, 3.8) is 0 Å². The van der Waals surface area contributed by atoms with Gasteiger partial charge in [0.15, 0.2) is 0 Å². The van der Waals surface area contributed by atoms with Gasteiger partial charge in [0.25, 0.3) is 10.0 Å². The lowest BCUT2D eigenvalue weighted by Gasteiger charge is -2.10. The van der Waals surface area contributed by atoms with E-state index in [1.165, 1.54) is 6.07 Å². The highest BCUT2D eigenvalue weighted by atomic mass is 32.2. The van der Waals surface area contributed by atoms with Crippen LogP contribution in [0.4, 0.5) is 11.4 Å². The molecule has 0 saturated carbocycles. The second kappa shape index (κ2) is 7.81. The maximum absolute atomic E-state index is 12.4. The van der Waals surface area contributed by atoms with E-state index < -0.39 is 16.1 Å². The van der Waals surface area contributed by atoms with Crippen molar-refractivity contribution in [3.8, 4) is 0 Å². The smallest absolute Gasteiger partial charge is 0.263 e. The van der Waals surface area contributed by atoms with Crippen LogP contribution >= 0.6 is 0 Å². The molecule has 1 atom stereocenters. The fourth-order valence-corrected chi connectivity index (χ4v) is 3.85. The molecule has 3 N–H and O–H groups in total. The van der Waals surface area contributed by atoms with Gasteiger partial charge in [-0.3, -0.25) is 19.3 Å². The monoisotopic (exact) mass is 400 g/mol. The van der Waals surface area contributed by atoms with Gasteiger partial charge < -0.3 is 10.6 Å². The van der Waals surface area contributed by atoms with E-state index in [1.54, 1.807) is 56.3 Å². The minimum Gasteiger partial charge on any atom is -0.326 e. The lowest BCUT2D eigenvalue weighted by molar-refractivity contribution is -0.117. The van der Waals surface area contributed by atoms with Crippen molar-refractivity contribution >= 4 is 39.0 Å². The van der Waals surface area contributed by atoms with Crippen LogP contribution in [0.25, 0.3) is 0 Å². The Hall–Kier alpha value is -3.20. The Bertz CT molecular complexity index is 1050. The van der Waals surface area contributed by atoms with Crippen LogP contribution in [0.2, 0.25) is 0 Å². The van der Waals surface area contributed by atoms with Gasteiger partial charge in [-0.25, -0.2) is 8.42 Å². The number of nitrogens with zero attached hydrogens (tertiary/aromatic N) is 1. The average molecular weight is 400 g/mol. The van der Waals surface area contributed by atoms with Crippen LogP contribution in [-0.4, -0.2) is 32.1 Å². The number of hydrogen-bond donors (Lipinski definition) is 3. The van der Waals surface area contributed by atoms with Gasteiger partial charge in [0.1, 0.15) is 11.9 Å². The molecule has 2 aromatic carbocycles. The van der Waals surface area contributed by atoms with Crippen LogP contribution < -0.4 is 15.4 Å². The first-order chi connectivity index (χ1) is 13.3. The molecule has 0 unspecified atom stereocenters. The molecule has 2 aromatic rings. The summed E-state index contributed by atoms with van der Waals surface area (Å²) in [4.78, 5) is 28.2. The zero-order valence-electron chi connectivity index (χ0n) is 15.4. The number of fused-ring (bicyclic) bond motifs is 1. The SMILES string of the molecule is CCC(=O)Nc1ccc(NC(=O)[C@H](C)N=C2NS(=O)(=O)c3ccccc32)cc1. The predicted octanol–water partition coefficient (Wildman–Crippen LogP) is 2.10. The van der Waals surface area contributed by atoms with Gasteiger partial charge in [0.2, 0.25) is 11.8 Å². The van der Waals surface area contributed by atoms with Gasteiger partial charge in [0, 0.05) is 23.4 Å². The summed E-state index contributed by atoms with van der Waals surface area (Å²) in [5.41, 5.74) is 1.62. The van der Waals surface area contributed by atoms with Gasteiger partial charge in [-0.05, 0) is 43.3 Å². The Morgan fingerprint density at radius 3 is 2.29 bits per heavy atom. The maximum Gasteiger partial charge on any atom is 0.263 e. The van der Waals surface area contributed by atoms with Gasteiger partial charge in [0.05, 0.1) is 4.90 Å². The third kappa shape index (κ3) is 4.20. The van der Waals surface area contributed by atoms with Crippen molar-refractivity contribution in [2.24, 2.45) is 4.99 Å². The van der Waals surface area contributed by atoms with Crippen molar-refractivity contribution in [2.45, 2.75) is 31.2 Å². The van der Waals surface area contributed by atoms with Crippen molar-refractivity contribution in [2.75, 3.05) is 10.6 Å². The molecule has 146 valence electrons. The highest BCUT2D eigenvalue weighted by Crippen LogP contribution is 2.22. The number of amides is 2. The molecule has 0 bridgehead atoms. The summed E-state index contributed by atoms with van der Waals surface area (Å²) in [5, 5.41) is 5.44. The summed E-state index contributed by atoms with van der Waals surface area (Å²) in [6, 6.07) is 12.3. The van der Waals surface area contributed by atoms with Crippen molar-refractivity contribution in [1.29, 1.82) is 0 Å². The zero-order valence-corrected chi connectivity index (χ0v) is 16.2. The Morgan fingerprint density at radius 1 is 1.04 bits per heavy atom. The summed E-state index contributed by atoms with van der Waals surface area (Å²) >= 11 is 0. The fraction of sp³-hybridized carbons (Fsp3) is 0.211. The Kier molecular flexibility index (Phi) is 5.46. The lowest BCUT2D eigenvalue weighted by atomic mass is 10.2. The molecule has 0 spiro atoms. The van der Waals surface area contributed by atoms with E-state index in [0.717, 1.165) is 0 Å². The number of carbonyl (C=O) groups is 2. The Morgan fingerprint density at radius 2 is 1.64 bits per heavy atom. The lowest BCUT2D eigenvalue weighted by Crippen LogP contribution is -2.28. The number of sulfonamides is 1. The number of carbonyl (C=O) groups excluding carboxylic acids is 2. The van der Waals surface area contributed by atoms with E-state index in [2.05, 4.69) is 20.3 Å². The molecule has 1 aliphatic rings. The molecule has 28 heavy (non-hydrogen) atoms. The largest absolute Gasteiger partial charge is 0.326 e. The van der Waals surface area contributed by atoms with Gasteiger partial charge in [-0.15, -0.1) is 0 Å². The summed E-state index contributed by atoms with van der Waals surface area (Å²) in [7, 11) is -3.65. The third-order valence-electron chi connectivity index (χ3n) is 4.12. The first-order valence-electron chi connectivity index (χ1n) is 8.71. The van der Waals surface area contributed by atoms with E-state index >= 15 is 0 Å². The molecule has 0 radical (unpaired) electrons. The highest BCUT2D eigenvalue weighted by molar-refractivity contribution is 7.90. The van der Waals surface area contributed by atoms with Gasteiger partial charge in [-0.1, -0.05) is 19.1 Å². The molecule has 8 nitrogen and oxygen atoms in total. The molecule has 3 rings (SSSR count). The van der Waals surface area contributed by atoms with E-state index in [-0.39, 0.29) is 22.5 Å². The van der Waals surface area contributed by atoms with E-state index in [9.17, 15) is 18.0 Å². The van der Waals surface area contributed by atoms with Crippen LogP contribution in [0.15, 0.2) is 58.4 Å². The standard InChI is InChI=1S/C19H20N4O4S/c1-3-17(24)21-13-8-10-14(11-9-13)22-19(25)12(2)20-18-15-6-4-5-7-16(15)28(26,27)23-18/h4-12H,3H2,1-2H3,(H,20,23)(H,21,24)(H,22,25)/t12-/m0/s1. The summed E-state index contributed by atoms with van der Waals surface area (Å²) in [6.45, 7) is 3.34. The Balaban J connectivity index is 1.70. The molecular formula is C19H20N4O4S. The quantitative estimate of drug-likeness (QED) is 0.712. The molecule has 0 aromatic heterocycles. The second-order valence-electron chi connectivity index (χ2n) is 6.22. The van der Waals surface area contributed by atoms with Crippen molar-refractivity contribution in [3.05, 3.63) is 54.1 Å². The Labute approximate surface area is 163 Å². The van der Waals surface area contributed by atoms with Crippen LogP contribution in [0, 0.1) is 0 Å². The number of amidine groups is 1. The normalized spacial score (nSPS) is 16.7.